The van der Waals surface area contributed by atoms with Gasteiger partial charge < -0.3 is 4.57 Å². The van der Waals surface area contributed by atoms with E-state index in [1.807, 2.05) is 17.5 Å². The highest BCUT2D eigenvalue weighted by Gasteiger charge is 2.18. The van der Waals surface area contributed by atoms with E-state index in [0.29, 0.717) is 0 Å². The molecule has 50 heavy (non-hydrogen) atoms. The number of fused-ring (bicyclic) bond motifs is 6. The zero-order chi connectivity index (χ0) is 33.0. The summed E-state index contributed by atoms with van der Waals surface area (Å²) in [6, 6.07) is 63.2. The van der Waals surface area contributed by atoms with Crippen LogP contribution in [0.3, 0.4) is 0 Å². The molecule has 3 heterocycles. The van der Waals surface area contributed by atoms with Crippen LogP contribution < -0.4 is 0 Å². The predicted molar refractivity (Wildman–Crippen MR) is 213 cm³/mol. The molecule has 0 saturated heterocycles. The van der Waals surface area contributed by atoms with E-state index in [0.717, 1.165) is 16.8 Å². The molecule has 0 amide bonds. The minimum absolute atomic E-state index is 0.982. The molecule has 10 aromatic rings. The minimum Gasteiger partial charge on any atom is -0.309 e. The van der Waals surface area contributed by atoms with Gasteiger partial charge in [0.05, 0.1) is 16.7 Å². The van der Waals surface area contributed by atoms with Crippen molar-refractivity contribution >= 4 is 53.3 Å². The molecule has 0 aliphatic rings. The first-order valence-corrected chi connectivity index (χ1v) is 17.8. The average molecular weight is 655 g/mol. The lowest BCUT2D eigenvalue weighted by atomic mass is 9.91. The van der Waals surface area contributed by atoms with Crippen LogP contribution in [-0.4, -0.2) is 9.55 Å². The van der Waals surface area contributed by atoms with Crippen molar-refractivity contribution < 1.29 is 0 Å². The van der Waals surface area contributed by atoms with Crippen molar-refractivity contribution in [2.24, 2.45) is 0 Å². The van der Waals surface area contributed by atoms with Gasteiger partial charge in [-0.3, -0.25) is 4.98 Å². The lowest BCUT2D eigenvalue weighted by Crippen LogP contribution is -1.92. The van der Waals surface area contributed by atoms with Crippen LogP contribution in [-0.2, 0) is 0 Å². The van der Waals surface area contributed by atoms with E-state index in [2.05, 4.69) is 180 Å². The monoisotopic (exact) mass is 654 g/mol. The molecular formula is C47H30N2S. The number of hydrogen-bond donors (Lipinski definition) is 0. The molecule has 0 aliphatic heterocycles. The van der Waals surface area contributed by atoms with E-state index >= 15 is 0 Å². The second-order valence-corrected chi connectivity index (χ2v) is 13.8. The summed E-state index contributed by atoms with van der Waals surface area (Å²) < 4.78 is 4.94. The summed E-state index contributed by atoms with van der Waals surface area (Å²) in [6.45, 7) is 0. The summed E-state index contributed by atoms with van der Waals surface area (Å²) in [5, 5.41) is 5.11. The van der Waals surface area contributed by atoms with Crippen molar-refractivity contribution in [2.75, 3.05) is 0 Å². The molecule has 2 nitrogen and oxygen atoms in total. The number of rotatable bonds is 5. The molecule has 3 aromatic heterocycles. The standard InChI is InChI=1S/C47H30N2S/c1-4-13-31(14-5-1)33-23-25-36(32-15-6-2-7-16-32)40(27-33)34-24-26-43(48-30-34)39-21-12-20-38-42-28-41-37-19-10-11-22-44(37)49(35-17-8-3-9-18-35)45(41)29-46(42)50-47(38)39/h1-30H. The lowest BCUT2D eigenvalue weighted by molar-refractivity contribution is 1.18. The second-order valence-electron chi connectivity index (χ2n) is 12.8. The molecule has 0 radical (unpaired) electrons. The maximum Gasteiger partial charge on any atom is 0.0716 e. The molecule has 0 N–H and O–H groups in total. The van der Waals surface area contributed by atoms with Crippen LogP contribution in [0, 0.1) is 0 Å². The Kier molecular flexibility index (Phi) is 6.71. The van der Waals surface area contributed by atoms with Gasteiger partial charge in [-0.2, -0.15) is 0 Å². The van der Waals surface area contributed by atoms with Gasteiger partial charge in [-0.1, -0.05) is 133 Å². The van der Waals surface area contributed by atoms with Crippen molar-refractivity contribution in [3.05, 3.63) is 182 Å². The van der Waals surface area contributed by atoms with E-state index in [4.69, 9.17) is 4.98 Å². The largest absolute Gasteiger partial charge is 0.309 e. The van der Waals surface area contributed by atoms with E-state index in [9.17, 15) is 0 Å². The summed E-state index contributed by atoms with van der Waals surface area (Å²) in [5.74, 6) is 0. The van der Waals surface area contributed by atoms with Crippen LogP contribution in [0.1, 0.15) is 0 Å². The van der Waals surface area contributed by atoms with E-state index in [1.165, 1.54) is 75.5 Å². The van der Waals surface area contributed by atoms with E-state index < -0.39 is 0 Å². The molecule has 0 fully saturated rings. The topological polar surface area (TPSA) is 17.8 Å². The summed E-state index contributed by atoms with van der Waals surface area (Å²) in [7, 11) is 0. The Morgan fingerprint density at radius 1 is 0.400 bits per heavy atom. The lowest BCUT2D eigenvalue weighted by Gasteiger charge is -2.13. The van der Waals surface area contributed by atoms with Crippen LogP contribution >= 0.6 is 11.3 Å². The van der Waals surface area contributed by atoms with E-state index in [1.54, 1.807) is 0 Å². The molecule has 0 spiro atoms. The molecular weight excluding hydrogens is 625 g/mol. The Balaban J connectivity index is 1.11. The van der Waals surface area contributed by atoms with Crippen molar-refractivity contribution in [3.63, 3.8) is 0 Å². The van der Waals surface area contributed by atoms with Gasteiger partial charge in [0.15, 0.2) is 0 Å². The van der Waals surface area contributed by atoms with Crippen LogP contribution in [0.4, 0.5) is 0 Å². The fourth-order valence-corrected chi connectivity index (χ4v) is 8.73. The molecule has 0 unspecified atom stereocenters. The summed E-state index contributed by atoms with van der Waals surface area (Å²) in [5.41, 5.74) is 12.8. The maximum atomic E-state index is 5.13. The van der Waals surface area contributed by atoms with Gasteiger partial charge in [-0.05, 0) is 70.3 Å². The first-order chi connectivity index (χ1) is 24.8. The predicted octanol–water partition coefficient (Wildman–Crippen LogP) is 13.2. The summed E-state index contributed by atoms with van der Waals surface area (Å²) >= 11 is 1.86. The molecule has 3 heteroatoms. The van der Waals surface area contributed by atoms with Crippen molar-refractivity contribution in [3.8, 4) is 50.3 Å². The Hall–Kier alpha value is -6.29. The minimum atomic E-state index is 0.982. The van der Waals surface area contributed by atoms with Gasteiger partial charge in [0.25, 0.3) is 0 Å². The quantitative estimate of drug-likeness (QED) is 0.181. The number of benzene rings is 7. The van der Waals surface area contributed by atoms with Gasteiger partial charge in [0.2, 0.25) is 0 Å². The molecule has 7 aromatic carbocycles. The molecule has 234 valence electrons. The zero-order valence-electron chi connectivity index (χ0n) is 27.1. The van der Waals surface area contributed by atoms with Crippen LogP contribution in [0.15, 0.2) is 182 Å². The fourth-order valence-electron chi connectivity index (χ4n) is 7.49. The number of hydrogen-bond acceptors (Lipinski definition) is 2. The third kappa shape index (κ3) is 4.67. The molecule has 10 rings (SSSR count). The van der Waals surface area contributed by atoms with Crippen molar-refractivity contribution in [1.82, 2.24) is 9.55 Å². The highest BCUT2D eigenvalue weighted by molar-refractivity contribution is 7.26. The third-order valence-corrected chi connectivity index (χ3v) is 11.1. The Bertz CT molecular complexity index is 2830. The van der Waals surface area contributed by atoms with Gasteiger partial charge in [-0.25, -0.2) is 0 Å². The van der Waals surface area contributed by atoms with Crippen LogP contribution in [0.5, 0.6) is 0 Å². The molecule has 0 saturated carbocycles. The molecule has 0 atom stereocenters. The number of thiophene rings is 1. The van der Waals surface area contributed by atoms with Gasteiger partial charge >= 0.3 is 0 Å². The first kappa shape index (κ1) is 28.7. The van der Waals surface area contributed by atoms with Crippen molar-refractivity contribution in [2.45, 2.75) is 0 Å². The number of pyridine rings is 1. The highest BCUT2D eigenvalue weighted by atomic mass is 32.1. The normalized spacial score (nSPS) is 11.6. The Morgan fingerprint density at radius 3 is 1.88 bits per heavy atom. The zero-order valence-corrected chi connectivity index (χ0v) is 27.9. The molecule has 0 aliphatic carbocycles. The average Bonchev–Trinajstić information content (AvgIpc) is 3.72. The maximum absolute atomic E-state index is 5.13. The van der Waals surface area contributed by atoms with Gasteiger partial charge in [-0.15, -0.1) is 11.3 Å². The first-order valence-electron chi connectivity index (χ1n) is 17.0. The van der Waals surface area contributed by atoms with Gasteiger partial charge in [0.1, 0.15) is 0 Å². The van der Waals surface area contributed by atoms with Crippen LogP contribution in [0.25, 0.3) is 92.3 Å². The second kappa shape index (κ2) is 11.7. The number of para-hydroxylation sites is 2. The number of aromatic nitrogens is 2. The summed E-state index contributed by atoms with van der Waals surface area (Å²) in [6.07, 6.45) is 2.04. The van der Waals surface area contributed by atoms with Crippen LogP contribution in [0.2, 0.25) is 0 Å². The number of nitrogens with zero attached hydrogens (tertiary/aromatic N) is 2. The highest BCUT2D eigenvalue weighted by Crippen LogP contribution is 2.44. The van der Waals surface area contributed by atoms with Crippen molar-refractivity contribution in [1.29, 1.82) is 0 Å². The smallest absolute Gasteiger partial charge is 0.0716 e. The van der Waals surface area contributed by atoms with E-state index in [-0.39, 0.29) is 0 Å². The summed E-state index contributed by atoms with van der Waals surface area (Å²) in [4.78, 5) is 5.13. The van der Waals surface area contributed by atoms with Gasteiger partial charge in [0, 0.05) is 54.0 Å². The SMILES string of the molecule is c1ccc(-c2ccc(-c3ccccc3)c(-c3ccc(-c4cccc5c4sc4cc6c(cc45)c4ccccc4n6-c4ccccc4)nc3)c2)cc1. The third-order valence-electron chi connectivity index (χ3n) is 9.87. The Labute approximate surface area is 294 Å². The molecule has 0 bridgehead atoms. The Morgan fingerprint density at radius 2 is 1.10 bits per heavy atom. The fraction of sp³-hybridized carbons (Fsp3) is 0.